The summed E-state index contributed by atoms with van der Waals surface area (Å²) in [6, 6.07) is 4.82. The molecule has 1 saturated heterocycles. The van der Waals surface area contributed by atoms with Crippen LogP contribution >= 0.6 is 0 Å². The number of nitrogens with zero attached hydrogens (tertiary/aromatic N) is 2. The summed E-state index contributed by atoms with van der Waals surface area (Å²) in [7, 11) is 0. The van der Waals surface area contributed by atoms with Crippen LogP contribution < -0.4 is 0 Å². The number of aromatic amines is 1. The van der Waals surface area contributed by atoms with Crippen molar-refractivity contribution in [2.45, 2.75) is 26.8 Å². The average Bonchev–Trinajstić information content (AvgIpc) is 3.14. The summed E-state index contributed by atoms with van der Waals surface area (Å²) in [5, 5.41) is 5.50. The van der Waals surface area contributed by atoms with Gasteiger partial charge < -0.3 is 9.72 Å². The van der Waals surface area contributed by atoms with Crippen molar-refractivity contribution in [3.63, 3.8) is 0 Å². The minimum absolute atomic E-state index is 0. The van der Waals surface area contributed by atoms with Crippen LogP contribution in [-0.4, -0.2) is 28.0 Å². The van der Waals surface area contributed by atoms with Crippen LogP contribution in [-0.2, 0) is 11.3 Å². The topological polar surface area (TPSA) is 42.8 Å². The smallest absolute Gasteiger partial charge is 0.125 e. The van der Waals surface area contributed by atoms with Crippen molar-refractivity contribution < 1.29 is 9.13 Å². The maximum Gasteiger partial charge on any atom is 0.125 e. The van der Waals surface area contributed by atoms with Crippen LogP contribution in [0, 0.1) is 11.7 Å². The van der Waals surface area contributed by atoms with Gasteiger partial charge in [0.25, 0.3) is 0 Å². The van der Waals surface area contributed by atoms with Crippen LogP contribution in [0.5, 0.6) is 0 Å². The normalized spacial score (nSPS) is 15.7. The second kappa shape index (κ2) is 6.54. The van der Waals surface area contributed by atoms with E-state index in [-0.39, 0.29) is 13.2 Å². The summed E-state index contributed by atoms with van der Waals surface area (Å²) in [6.45, 7) is 2.64. The van der Waals surface area contributed by atoms with Crippen LogP contribution in [0.25, 0.3) is 22.0 Å². The zero-order chi connectivity index (χ0) is 14.9. The highest BCUT2D eigenvalue weighted by atomic mass is 19.1. The van der Waals surface area contributed by atoms with E-state index in [0.29, 0.717) is 5.92 Å². The van der Waals surface area contributed by atoms with Gasteiger partial charge in [-0.2, -0.15) is 5.10 Å². The molecule has 4 rings (SSSR count). The second-order valence-electron chi connectivity index (χ2n) is 5.90. The summed E-state index contributed by atoms with van der Waals surface area (Å²) in [6.07, 6.45) is 8.07. The highest BCUT2D eigenvalue weighted by Gasteiger charge is 2.15. The first-order chi connectivity index (χ1) is 10.8. The molecular formula is C18H22FN3O. The molecule has 1 aliphatic rings. The van der Waals surface area contributed by atoms with E-state index in [1.807, 2.05) is 23.1 Å². The Morgan fingerprint density at radius 2 is 2.13 bits per heavy atom. The number of aromatic nitrogens is 3. The predicted octanol–water partition coefficient (Wildman–Crippen LogP) is 4.23. The van der Waals surface area contributed by atoms with Crippen molar-refractivity contribution in [1.29, 1.82) is 0 Å². The molecule has 0 spiro atoms. The van der Waals surface area contributed by atoms with Crippen molar-refractivity contribution in [2.24, 2.45) is 5.92 Å². The molecule has 0 amide bonds. The Bertz CT molecular complexity index is 787. The van der Waals surface area contributed by atoms with Crippen molar-refractivity contribution >= 4 is 10.9 Å². The lowest BCUT2D eigenvalue weighted by molar-refractivity contribution is 0.0601. The van der Waals surface area contributed by atoms with Gasteiger partial charge in [0.05, 0.1) is 6.20 Å². The van der Waals surface area contributed by atoms with E-state index in [4.69, 9.17) is 4.74 Å². The van der Waals surface area contributed by atoms with Gasteiger partial charge in [0.15, 0.2) is 0 Å². The van der Waals surface area contributed by atoms with E-state index in [0.717, 1.165) is 54.6 Å². The summed E-state index contributed by atoms with van der Waals surface area (Å²) < 4.78 is 20.7. The number of H-pyrrole nitrogens is 1. The molecule has 0 bridgehead atoms. The van der Waals surface area contributed by atoms with Gasteiger partial charge in [-0.05, 0) is 37.0 Å². The Labute approximate surface area is 135 Å². The molecule has 1 fully saturated rings. The Hall–Kier alpha value is -2.14. The lowest BCUT2D eigenvalue weighted by atomic mass is 10.0. The number of ether oxygens (including phenoxy) is 1. The lowest BCUT2D eigenvalue weighted by Crippen LogP contribution is -2.20. The summed E-state index contributed by atoms with van der Waals surface area (Å²) in [4.78, 5) is 3.12. The Morgan fingerprint density at radius 1 is 1.30 bits per heavy atom. The van der Waals surface area contributed by atoms with Crippen molar-refractivity contribution in [2.75, 3.05) is 13.2 Å². The predicted molar refractivity (Wildman–Crippen MR) is 89.8 cm³/mol. The Balaban J connectivity index is 0.00000156. The number of hydrogen-bond donors (Lipinski definition) is 1. The number of nitrogens with one attached hydrogen (secondary N) is 1. The van der Waals surface area contributed by atoms with Crippen LogP contribution in [0.4, 0.5) is 4.39 Å². The minimum Gasteiger partial charge on any atom is -0.381 e. The lowest BCUT2D eigenvalue weighted by Gasteiger charge is -2.21. The molecule has 4 nitrogen and oxygen atoms in total. The third-order valence-corrected chi connectivity index (χ3v) is 4.37. The average molecular weight is 315 g/mol. The number of fused-ring (bicyclic) bond motifs is 1. The van der Waals surface area contributed by atoms with E-state index < -0.39 is 0 Å². The van der Waals surface area contributed by atoms with E-state index >= 15 is 0 Å². The zero-order valence-corrected chi connectivity index (χ0v) is 12.3. The van der Waals surface area contributed by atoms with Gasteiger partial charge in [-0.15, -0.1) is 0 Å². The molecule has 0 radical (unpaired) electrons. The van der Waals surface area contributed by atoms with Crippen LogP contribution in [0.2, 0.25) is 0 Å². The molecule has 3 heterocycles. The van der Waals surface area contributed by atoms with Gasteiger partial charge in [0.1, 0.15) is 5.82 Å². The number of rotatable bonds is 3. The Kier molecular flexibility index (Phi) is 4.48. The molecule has 0 saturated carbocycles. The highest BCUT2D eigenvalue weighted by Crippen LogP contribution is 2.29. The third kappa shape index (κ3) is 3.15. The SMILES string of the molecule is C.Fc1ccc2c(-c3cnn(CC4CCOCC4)c3)c[nH]c2c1. The van der Waals surface area contributed by atoms with E-state index in [1.165, 1.54) is 12.1 Å². The number of halogens is 1. The van der Waals surface area contributed by atoms with Crippen LogP contribution in [0.3, 0.4) is 0 Å². The standard InChI is InChI=1S/C17H18FN3O.CH4/c18-14-1-2-15-16(9-19-17(15)7-14)13-8-20-21(11-13)10-12-3-5-22-6-4-12;/h1-2,7-9,11-12,19H,3-6,10H2;1H4. The number of benzene rings is 1. The molecule has 3 aromatic rings. The van der Waals surface area contributed by atoms with E-state index in [9.17, 15) is 4.39 Å². The van der Waals surface area contributed by atoms with Crippen LogP contribution in [0.15, 0.2) is 36.8 Å². The first kappa shape index (κ1) is 15.7. The summed E-state index contributed by atoms with van der Waals surface area (Å²) in [5.74, 6) is 0.412. The fourth-order valence-corrected chi connectivity index (χ4v) is 3.13. The molecular weight excluding hydrogens is 293 g/mol. The van der Waals surface area contributed by atoms with Gasteiger partial charge in [0.2, 0.25) is 0 Å². The third-order valence-electron chi connectivity index (χ3n) is 4.37. The quantitative estimate of drug-likeness (QED) is 0.786. The Morgan fingerprint density at radius 3 is 2.96 bits per heavy atom. The fourth-order valence-electron chi connectivity index (χ4n) is 3.13. The van der Waals surface area contributed by atoms with Gasteiger partial charge in [-0.1, -0.05) is 7.43 Å². The molecule has 0 unspecified atom stereocenters. The first-order valence-corrected chi connectivity index (χ1v) is 7.67. The first-order valence-electron chi connectivity index (χ1n) is 7.67. The van der Waals surface area contributed by atoms with Crippen molar-refractivity contribution in [1.82, 2.24) is 14.8 Å². The minimum atomic E-state index is -0.226. The fraction of sp³-hybridized carbons (Fsp3) is 0.389. The summed E-state index contributed by atoms with van der Waals surface area (Å²) in [5.41, 5.74) is 2.94. The number of hydrogen-bond acceptors (Lipinski definition) is 2. The zero-order valence-electron chi connectivity index (χ0n) is 12.3. The van der Waals surface area contributed by atoms with E-state index in [2.05, 4.69) is 16.3 Å². The van der Waals surface area contributed by atoms with Crippen molar-refractivity contribution in [3.05, 3.63) is 42.6 Å². The van der Waals surface area contributed by atoms with E-state index in [1.54, 1.807) is 0 Å². The van der Waals surface area contributed by atoms with Gasteiger partial charge >= 0.3 is 0 Å². The highest BCUT2D eigenvalue weighted by molar-refractivity contribution is 5.95. The molecule has 0 aliphatic carbocycles. The van der Waals surface area contributed by atoms with Gasteiger partial charge in [-0.25, -0.2) is 4.39 Å². The monoisotopic (exact) mass is 315 g/mol. The molecule has 1 aliphatic heterocycles. The summed E-state index contributed by atoms with van der Waals surface area (Å²) >= 11 is 0. The van der Waals surface area contributed by atoms with Gasteiger partial charge in [-0.3, -0.25) is 4.68 Å². The molecule has 1 N–H and O–H groups in total. The van der Waals surface area contributed by atoms with Gasteiger partial charge in [0, 0.05) is 54.2 Å². The molecule has 2 aromatic heterocycles. The molecule has 5 heteroatoms. The molecule has 1 aromatic carbocycles. The largest absolute Gasteiger partial charge is 0.381 e. The molecule has 23 heavy (non-hydrogen) atoms. The molecule has 122 valence electrons. The maximum atomic E-state index is 13.3. The maximum absolute atomic E-state index is 13.3. The molecule has 0 atom stereocenters. The van der Waals surface area contributed by atoms with Crippen molar-refractivity contribution in [3.8, 4) is 11.1 Å². The van der Waals surface area contributed by atoms with Crippen LogP contribution in [0.1, 0.15) is 20.3 Å². The second-order valence-corrected chi connectivity index (χ2v) is 5.90.